The van der Waals surface area contributed by atoms with Gasteiger partial charge in [0.1, 0.15) is 17.2 Å². The zero-order valence-electron chi connectivity index (χ0n) is 21.9. The van der Waals surface area contributed by atoms with E-state index in [0.29, 0.717) is 53.9 Å². The van der Waals surface area contributed by atoms with Crippen LogP contribution in [0.5, 0.6) is 17.2 Å². The third kappa shape index (κ3) is 5.99. The molecular formula is C28H36N2O6. The van der Waals surface area contributed by atoms with Crippen molar-refractivity contribution in [3.63, 3.8) is 0 Å². The summed E-state index contributed by atoms with van der Waals surface area (Å²) in [5.41, 5.74) is 0.812. The zero-order chi connectivity index (χ0) is 26.4. The number of quaternary nitrogens is 1. The molecule has 0 bridgehead atoms. The standard InChI is InChI=1S/C28H36N2O6/c1-18(2)17-36-20-10-8-19(9-11-20)26(31)24-25(22-13-12-21(34-5)16-23(22)35-6)30(28(33)27(24)32)15-7-14-29(3)4/h8-13,16,18,25,31H,7,14-15,17H2,1-6H3/b26-24+. The first-order chi connectivity index (χ1) is 17.2. The fraction of sp³-hybridized carbons (Fsp3) is 0.429. The van der Waals surface area contributed by atoms with Crippen molar-refractivity contribution in [3.05, 3.63) is 59.2 Å². The molecule has 1 fully saturated rings. The average molecular weight is 497 g/mol. The molecule has 3 rings (SSSR count). The lowest BCUT2D eigenvalue weighted by Crippen LogP contribution is -3.05. The minimum atomic E-state index is -0.854. The molecule has 0 radical (unpaired) electrons. The highest BCUT2D eigenvalue weighted by molar-refractivity contribution is 6.46. The van der Waals surface area contributed by atoms with E-state index < -0.39 is 23.5 Å². The molecule has 0 saturated carbocycles. The first-order valence-electron chi connectivity index (χ1n) is 12.2. The van der Waals surface area contributed by atoms with E-state index in [9.17, 15) is 14.7 Å². The summed E-state index contributed by atoms with van der Waals surface area (Å²) >= 11 is 0. The van der Waals surface area contributed by atoms with Crippen LogP contribution in [-0.4, -0.2) is 64.6 Å². The third-order valence-corrected chi connectivity index (χ3v) is 6.04. The Morgan fingerprint density at radius 3 is 2.28 bits per heavy atom. The molecule has 1 aliphatic heterocycles. The quantitative estimate of drug-likeness (QED) is 0.288. The van der Waals surface area contributed by atoms with E-state index >= 15 is 0 Å². The van der Waals surface area contributed by atoms with Crippen LogP contribution in [0.3, 0.4) is 0 Å². The Kier molecular flexibility index (Phi) is 8.98. The number of ketones is 1. The lowest BCUT2D eigenvalue weighted by atomic mass is 9.94. The van der Waals surface area contributed by atoms with Crippen LogP contribution in [0, 0.1) is 5.92 Å². The molecule has 1 N–H and O–H groups in total. The Bertz CT molecular complexity index is 1110. The number of nitrogens with one attached hydrogen (secondary N) is 1. The zero-order valence-corrected chi connectivity index (χ0v) is 21.9. The highest BCUT2D eigenvalue weighted by Gasteiger charge is 2.45. The SMILES string of the molecule is COc1ccc(C2/C(=C(\[O-])c3ccc(OCC(C)C)cc3)C(=O)C(=O)N2CCC[NH+](C)C)c(OC)c1. The third-order valence-electron chi connectivity index (χ3n) is 6.04. The van der Waals surface area contributed by atoms with Gasteiger partial charge in [-0.25, -0.2) is 0 Å². The van der Waals surface area contributed by atoms with Gasteiger partial charge in [0, 0.05) is 30.2 Å². The second-order valence-corrected chi connectivity index (χ2v) is 9.62. The van der Waals surface area contributed by atoms with Crippen LogP contribution in [0.4, 0.5) is 0 Å². The van der Waals surface area contributed by atoms with Crippen LogP contribution in [0.1, 0.15) is 37.4 Å². The Morgan fingerprint density at radius 1 is 1.03 bits per heavy atom. The molecule has 1 saturated heterocycles. The lowest BCUT2D eigenvalue weighted by Gasteiger charge is -2.29. The Labute approximate surface area is 213 Å². The molecule has 1 heterocycles. The van der Waals surface area contributed by atoms with Gasteiger partial charge in [-0.2, -0.15) is 0 Å². The summed E-state index contributed by atoms with van der Waals surface area (Å²) < 4.78 is 16.6. The van der Waals surface area contributed by atoms with E-state index in [-0.39, 0.29) is 5.57 Å². The topological polar surface area (TPSA) is 92.6 Å². The maximum absolute atomic E-state index is 13.7. The maximum Gasteiger partial charge on any atom is 0.295 e. The van der Waals surface area contributed by atoms with Crippen molar-refractivity contribution >= 4 is 17.4 Å². The highest BCUT2D eigenvalue weighted by atomic mass is 16.5. The van der Waals surface area contributed by atoms with Crippen molar-refractivity contribution in [3.8, 4) is 17.2 Å². The van der Waals surface area contributed by atoms with Gasteiger partial charge in [0.25, 0.3) is 5.91 Å². The molecule has 0 aromatic heterocycles. The lowest BCUT2D eigenvalue weighted by molar-refractivity contribution is -0.858. The van der Waals surface area contributed by atoms with Gasteiger partial charge in [0.2, 0.25) is 5.78 Å². The molecular weight excluding hydrogens is 460 g/mol. The predicted molar refractivity (Wildman–Crippen MR) is 135 cm³/mol. The molecule has 8 heteroatoms. The van der Waals surface area contributed by atoms with Gasteiger partial charge in [-0.3, -0.25) is 9.59 Å². The molecule has 2 aromatic carbocycles. The van der Waals surface area contributed by atoms with Crippen molar-refractivity contribution in [2.75, 3.05) is 48.0 Å². The van der Waals surface area contributed by atoms with E-state index in [0.717, 1.165) is 6.54 Å². The number of hydrogen-bond donors (Lipinski definition) is 1. The first-order valence-corrected chi connectivity index (χ1v) is 12.2. The molecule has 1 aliphatic rings. The number of ether oxygens (including phenoxy) is 3. The summed E-state index contributed by atoms with van der Waals surface area (Å²) in [6.45, 7) is 5.81. The van der Waals surface area contributed by atoms with Gasteiger partial charge < -0.3 is 29.1 Å². The van der Waals surface area contributed by atoms with Crippen molar-refractivity contribution < 1.29 is 33.8 Å². The molecule has 0 spiro atoms. The molecule has 1 atom stereocenters. The second kappa shape index (κ2) is 11.9. The van der Waals surface area contributed by atoms with Crippen molar-refractivity contribution in [2.24, 2.45) is 5.92 Å². The van der Waals surface area contributed by atoms with Gasteiger partial charge in [0.05, 0.1) is 47.5 Å². The van der Waals surface area contributed by atoms with Crippen molar-refractivity contribution in [1.82, 2.24) is 4.90 Å². The minimum absolute atomic E-state index is 0.0727. The number of methoxy groups -OCH3 is 2. The van der Waals surface area contributed by atoms with E-state index in [4.69, 9.17) is 14.2 Å². The van der Waals surface area contributed by atoms with E-state index in [1.165, 1.54) is 16.9 Å². The number of carbonyl (C=O) groups excluding carboxylic acids is 2. The van der Waals surface area contributed by atoms with E-state index in [1.54, 1.807) is 49.6 Å². The molecule has 0 aliphatic carbocycles. The summed E-state index contributed by atoms with van der Waals surface area (Å²) in [6.07, 6.45) is 0.680. The van der Waals surface area contributed by atoms with Crippen LogP contribution >= 0.6 is 0 Å². The van der Waals surface area contributed by atoms with Crippen LogP contribution < -0.4 is 24.2 Å². The molecule has 2 aromatic rings. The predicted octanol–water partition coefficient (Wildman–Crippen LogP) is 1.50. The van der Waals surface area contributed by atoms with Gasteiger partial charge in [0.15, 0.2) is 0 Å². The van der Waals surface area contributed by atoms with E-state index in [2.05, 4.69) is 13.8 Å². The summed E-state index contributed by atoms with van der Waals surface area (Å²) in [7, 11) is 7.10. The van der Waals surface area contributed by atoms with Gasteiger partial charge in [-0.15, -0.1) is 0 Å². The van der Waals surface area contributed by atoms with Crippen molar-refractivity contribution in [1.29, 1.82) is 0 Å². The number of likely N-dealkylation sites (tertiary alicyclic amines) is 1. The van der Waals surface area contributed by atoms with Gasteiger partial charge >= 0.3 is 0 Å². The van der Waals surface area contributed by atoms with Gasteiger partial charge in [-0.05, 0) is 35.7 Å². The van der Waals surface area contributed by atoms with Crippen LogP contribution in [-0.2, 0) is 9.59 Å². The van der Waals surface area contributed by atoms with Crippen LogP contribution in [0.15, 0.2) is 48.0 Å². The summed E-state index contributed by atoms with van der Waals surface area (Å²) in [6, 6.07) is 11.0. The molecule has 1 amide bonds. The number of amides is 1. The number of hydrogen-bond acceptors (Lipinski definition) is 6. The van der Waals surface area contributed by atoms with Crippen LogP contribution in [0.25, 0.3) is 5.76 Å². The monoisotopic (exact) mass is 496 g/mol. The van der Waals surface area contributed by atoms with Crippen molar-refractivity contribution in [2.45, 2.75) is 26.3 Å². The van der Waals surface area contributed by atoms with Crippen LogP contribution in [0.2, 0.25) is 0 Å². The number of carbonyl (C=O) groups is 2. The fourth-order valence-electron chi connectivity index (χ4n) is 4.19. The Balaban J connectivity index is 2.08. The average Bonchev–Trinajstić information content (AvgIpc) is 3.11. The largest absolute Gasteiger partial charge is 0.872 e. The van der Waals surface area contributed by atoms with E-state index in [1.807, 2.05) is 14.1 Å². The fourth-order valence-corrected chi connectivity index (χ4v) is 4.19. The molecule has 36 heavy (non-hydrogen) atoms. The first kappa shape index (κ1) is 27.1. The molecule has 194 valence electrons. The summed E-state index contributed by atoms with van der Waals surface area (Å²) in [5.74, 6) is 0.0793. The Hall–Kier alpha value is -3.52. The number of Topliss-reactive ketones (excluding diaryl/α,β-unsaturated/α-hetero) is 1. The van der Waals surface area contributed by atoms with Gasteiger partial charge in [-0.1, -0.05) is 31.7 Å². The normalized spacial score (nSPS) is 17.2. The second-order valence-electron chi connectivity index (χ2n) is 9.62. The minimum Gasteiger partial charge on any atom is -0.872 e. The highest BCUT2D eigenvalue weighted by Crippen LogP contribution is 2.43. The molecule has 8 nitrogen and oxygen atoms in total. The smallest absolute Gasteiger partial charge is 0.295 e. The maximum atomic E-state index is 13.7. The molecule has 1 unspecified atom stereocenters. The Morgan fingerprint density at radius 2 is 1.69 bits per heavy atom. The summed E-state index contributed by atoms with van der Waals surface area (Å²) in [4.78, 5) is 29.1. The number of benzene rings is 2. The number of rotatable bonds is 11. The number of nitrogens with zero attached hydrogens (tertiary/aromatic N) is 1. The summed E-state index contributed by atoms with van der Waals surface area (Å²) in [5, 5.41) is 13.7.